The van der Waals surface area contributed by atoms with Crippen LogP contribution in [0.15, 0.2) is 18.2 Å². The Kier molecular flexibility index (Phi) is 6.67. The molecule has 0 bridgehead atoms. The fourth-order valence-electron chi connectivity index (χ4n) is 3.03. The van der Waals surface area contributed by atoms with Crippen molar-refractivity contribution in [3.63, 3.8) is 0 Å². The molecule has 0 unspecified atom stereocenters. The molecule has 0 aromatic heterocycles. The van der Waals surface area contributed by atoms with E-state index in [-0.39, 0.29) is 24.2 Å². The molecule has 0 aliphatic carbocycles. The number of carbonyl (C=O) groups excluding carboxylic acids is 2. The molecule has 6 heteroatoms. The Balaban J connectivity index is 2.00. The molecule has 1 saturated heterocycles. The third kappa shape index (κ3) is 4.87. The summed E-state index contributed by atoms with van der Waals surface area (Å²) in [4.78, 5) is 28.6. The van der Waals surface area contributed by atoms with E-state index in [4.69, 9.17) is 9.47 Å². The van der Waals surface area contributed by atoms with Crippen LogP contribution in [0.5, 0.6) is 11.5 Å². The molecule has 1 aliphatic rings. The lowest BCUT2D eigenvalue weighted by Crippen LogP contribution is -2.39. The highest BCUT2D eigenvalue weighted by Crippen LogP contribution is 2.25. The normalized spacial score (nSPS) is 15.1. The summed E-state index contributed by atoms with van der Waals surface area (Å²) in [5, 5.41) is 0. The molecule has 138 valence electrons. The van der Waals surface area contributed by atoms with Crippen LogP contribution in [-0.4, -0.2) is 62.0 Å². The first-order valence-corrected chi connectivity index (χ1v) is 8.73. The van der Waals surface area contributed by atoms with Gasteiger partial charge in [-0.05, 0) is 12.5 Å². The van der Waals surface area contributed by atoms with E-state index in [9.17, 15) is 9.59 Å². The summed E-state index contributed by atoms with van der Waals surface area (Å²) in [6.45, 7) is 6.39. The highest BCUT2D eigenvalue weighted by molar-refractivity contribution is 5.80. The minimum Gasteiger partial charge on any atom is -0.497 e. The molecule has 6 nitrogen and oxygen atoms in total. The fraction of sp³-hybridized carbons (Fsp3) is 0.579. The van der Waals surface area contributed by atoms with Gasteiger partial charge in [0.25, 0.3) is 0 Å². The van der Waals surface area contributed by atoms with E-state index in [1.54, 1.807) is 20.3 Å². The van der Waals surface area contributed by atoms with Gasteiger partial charge in [-0.1, -0.05) is 19.9 Å². The maximum absolute atomic E-state index is 12.7. The minimum atomic E-state index is -0.00851. The second-order valence-electron chi connectivity index (χ2n) is 6.57. The summed E-state index contributed by atoms with van der Waals surface area (Å²) in [5.41, 5.74) is 0.840. The van der Waals surface area contributed by atoms with Crippen LogP contribution in [0.4, 0.5) is 0 Å². The number of rotatable bonds is 5. The summed E-state index contributed by atoms with van der Waals surface area (Å²) in [7, 11) is 3.19. The zero-order valence-corrected chi connectivity index (χ0v) is 15.6. The van der Waals surface area contributed by atoms with Gasteiger partial charge in [0.15, 0.2) is 0 Å². The molecule has 1 fully saturated rings. The molecule has 0 N–H and O–H groups in total. The van der Waals surface area contributed by atoms with Crippen molar-refractivity contribution in [1.82, 2.24) is 9.80 Å². The van der Waals surface area contributed by atoms with Gasteiger partial charge in [-0.3, -0.25) is 9.59 Å². The van der Waals surface area contributed by atoms with Crippen LogP contribution in [0, 0.1) is 5.92 Å². The molecule has 1 aromatic carbocycles. The van der Waals surface area contributed by atoms with Gasteiger partial charge in [0.2, 0.25) is 11.8 Å². The lowest BCUT2D eigenvalue weighted by Gasteiger charge is -2.23. The predicted molar refractivity (Wildman–Crippen MR) is 95.9 cm³/mol. The Hall–Kier alpha value is -2.24. The number of nitrogens with zero attached hydrogens (tertiary/aromatic N) is 2. The van der Waals surface area contributed by atoms with Gasteiger partial charge >= 0.3 is 0 Å². The van der Waals surface area contributed by atoms with Crippen molar-refractivity contribution in [3.8, 4) is 11.5 Å². The predicted octanol–water partition coefficient (Wildman–Crippen LogP) is 1.96. The molecular formula is C19H28N2O4. The number of carbonyl (C=O) groups is 2. The highest BCUT2D eigenvalue weighted by atomic mass is 16.5. The molecule has 2 rings (SSSR count). The van der Waals surface area contributed by atoms with E-state index in [0.717, 1.165) is 12.0 Å². The number of hydrogen-bond acceptors (Lipinski definition) is 4. The fourth-order valence-corrected chi connectivity index (χ4v) is 3.03. The zero-order valence-electron chi connectivity index (χ0n) is 15.6. The molecule has 0 radical (unpaired) electrons. The van der Waals surface area contributed by atoms with Crippen molar-refractivity contribution in [2.75, 3.05) is 40.4 Å². The van der Waals surface area contributed by atoms with E-state index in [2.05, 4.69) is 0 Å². The summed E-state index contributed by atoms with van der Waals surface area (Å²) in [5.74, 6) is 1.56. The highest BCUT2D eigenvalue weighted by Gasteiger charge is 2.24. The van der Waals surface area contributed by atoms with Gasteiger partial charge in [-0.25, -0.2) is 0 Å². The Morgan fingerprint density at radius 1 is 1.04 bits per heavy atom. The molecule has 1 aliphatic heterocycles. The maximum Gasteiger partial charge on any atom is 0.227 e. The number of amides is 2. The second-order valence-corrected chi connectivity index (χ2v) is 6.57. The SMILES string of the molecule is COc1ccc(CC(=O)N2CCCN(C(=O)C(C)C)CC2)c(OC)c1. The minimum absolute atomic E-state index is 0.00851. The molecule has 1 heterocycles. The Morgan fingerprint density at radius 2 is 1.72 bits per heavy atom. The average Bonchev–Trinajstić information content (AvgIpc) is 2.87. The lowest BCUT2D eigenvalue weighted by molar-refractivity contribution is -0.135. The summed E-state index contributed by atoms with van der Waals surface area (Å²) >= 11 is 0. The van der Waals surface area contributed by atoms with Gasteiger partial charge in [0, 0.05) is 43.7 Å². The summed E-state index contributed by atoms with van der Waals surface area (Å²) in [6.07, 6.45) is 1.09. The molecule has 0 saturated carbocycles. The largest absolute Gasteiger partial charge is 0.497 e. The van der Waals surface area contributed by atoms with Crippen molar-refractivity contribution in [2.24, 2.45) is 5.92 Å². The van der Waals surface area contributed by atoms with E-state index < -0.39 is 0 Å². The third-order valence-corrected chi connectivity index (χ3v) is 4.49. The van der Waals surface area contributed by atoms with Crippen LogP contribution < -0.4 is 9.47 Å². The van der Waals surface area contributed by atoms with Crippen molar-refractivity contribution < 1.29 is 19.1 Å². The van der Waals surface area contributed by atoms with Gasteiger partial charge < -0.3 is 19.3 Å². The van der Waals surface area contributed by atoms with E-state index in [0.29, 0.717) is 37.7 Å². The number of benzene rings is 1. The first kappa shape index (κ1) is 19.1. The van der Waals surface area contributed by atoms with Crippen LogP contribution in [-0.2, 0) is 16.0 Å². The van der Waals surface area contributed by atoms with Crippen molar-refractivity contribution in [3.05, 3.63) is 23.8 Å². The Bertz CT molecular complexity index is 615. The zero-order chi connectivity index (χ0) is 18.4. The molecule has 0 spiro atoms. The van der Waals surface area contributed by atoms with Gasteiger partial charge in [0.1, 0.15) is 11.5 Å². The Labute approximate surface area is 149 Å². The summed E-state index contributed by atoms with van der Waals surface area (Å²) in [6, 6.07) is 5.48. The van der Waals surface area contributed by atoms with Crippen molar-refractivity contribution in [1.29, 1.82) is 0 Å². The number of methoxy groups -OCH3 is 2. The average molecular weight is 348 g/mol. The first-order chi connectivity index (χ1) is 12.0. The van der Waals surface area contributed by atoms with Crippen LogP contribution in [0.2, 0.25) is 0 Å². The van der Waals surface area contributed by atoms with E-state index in [1.807, 2.05) is 35.8 Å². The molecule has 25 heavy (non-hydrogen) atoms. The number of hydrogen-bond donors (Lipinski definition) is 0. The Morgan fingerprint density at radius 3 is 2.36 bits per heavy atom. The van der Waals surface area contributed by atoms with E-state index >= 15 is 0 Å². The van der Waals surface area contributed by atoms with Crippen LogP contribution >= 0.6 is 0 Å². The lowest BCUT2D eigenvalue weighted by atomic mass is 10.1. The van der Waals surface area contributed by atoms with Gasteiger partial charge in [0.05, 0.1) is 20.6 Å². The van der Waals surface area contributed by atoms with Crippen LogP contribution in [0.1, 0.15) is 25.8 Å². The van der Waals surface area contributed by atoms with Gasteiger partial charge in [-0.15, -0.1) is 0 Å². The smallest absolute Gasteiger partial charge is 0.227 e. The molecular weight excluding hydrogens is 320 g/mol. The van der Waals surface area contributed by atoms with Gasteiger partial charge in [-0.2, -0.15) is 0 Å². The standard InChI is InChI=1S/C19H28N2O4/c1-14(2)19(23)21-9-5-8-20(10-11-21)18(22)12-15-6-7-16(24-3)13-17(15)25-4/h6-7,13-14H,5,8-12H2,1-4H3. The van der Waals surface area contributed by atoms with Crippen molar-refractivity contribution >= 4 is 11.8 Å². The molecule has 0 atom stereocenters. The topological polar surface area (TPSA) is 59.1 Å². The van der Waals surface area contributed by atoms with E-state index in [1.165, 1.54) is 0 Å². The third-order valence-electron chi connectivity index (χ3n) is 4.49. The van der Waals surface area contributed by atoms with Crippen molar-refractivity contribution in [2.45, 2.75) is 26.7 Å². The monoisotopic (exact) mass is 348 g/mol. The molecule has 1 aromatic rings. The summed E-state index contributed by atoms with van der Waals surface area (Å²) < 4.78 is 10.6. The van der Waals surface area contributed by atoms with Crippen LogP contribution in [0.3, 0.4) is 0 Å². The molecule has 2 amide bonds. The maximum atomic E-state index is 12.7. The quantitative estimate of drug-likeness (QED) is 0.816. The van der Waals surface area contributed by atoms with Crippen LogP contribution in [0.25, 0.3) is 0 Å². The first-order valence-electron chi connectivity index (χ1n) is 8.73. The second kappa shape index (κ2) is 8.74. The number of ether oxygens (including phenoxy) is 2.